The Bertz CT molecular complexity index is 2450. The highest BCUT2D eigenvalue weighted by atomic mass is 32.2. The number of aliphatic hydroxyl groups is 3. The molecule has 6 heterocycles. The predicted octanol–water partition coefficient (Wildman–Crippen LogP) is 0.595. The molecule has 0 radical (unpaired) electrons. The van der Waals surface area contributed by atoms with Gasteiger partial charge in [0.15, 0.2) is 5.60 Å². The summed E-state index contributed by atoms with van der Waals surface area (Å²) in [4.78, 5) is 79.6. The van der Waals surface area contributed by atoms with Crippen molar-refractivity contribution in [2.75, 3.05) is 5.75 Å². The second kappa shape index (κ2) is 17.7. The topological polar surface area (TPSA) is 318 Å². The van der Waals surface area contributed by atoms with E-state index in [0.717, 1.165) is 25.0 Å². The summed E-state index contributed by atoms with van der Waals surface area (Å²) < 4.78 is 39.6. The van der Waals surface area contributed by atoms with E-state index in [-0.39, 0.29) is 43.1 Å². The van der Waals surface area contributed by atoms with Crippen LogP contribution in [0.15, 0.2) is 6.20 Å². The number of aryl methyl sites for hydroxylation is 1. The van der Waals surface area contributed by atoms with E-state index in [1.165, 1.54) is 20.8 Å². The fourth-order valence-electron chi connectivity index (χ4n) is 16.8. The first-order valence-electron chi connectivity index (χ1n) is 26.3. The SMILES string of the molecule is CC(=O)O[C@H]1C2C([C@@H](O)[C@@H](N)[C@H]3C[C@@H]4O[C@@H]4[C@H](O)[C@]23C)[C@@H]2[C@@H](OC(=O)CCCCn3cc(CNC(=O)CCCC[C@@H]4SC[C@@H]5NC(=O)N[C@@H]54)nn3)[C@@H]3[C@H]([C@H](C)[C@H]4O[C@]45OC(=O)[C@@](C)(O)[C@]35C)[C@@]2(C)[C@H]1OC(C)=O. The molecule has 23 heteroatoms. The van der Waals surface area contributed by atoms with E-state index in [0.29, 0.717) is 43.2 Å². The molecule has 73 heavy (non-hydrogen) atoms. The second-order valence-corrected chi connectivity index (χ2v) is 25.0. The number of unbranched alkanes of at least 4 members (excludes halogenated alkanes) is 2. The van der Waals surface area contributed by atoms with E-state index in [1.807, 2.05) is 32.5 Å². The Kier molecular flexibility index (Phi) is 12.4. The number of fused-ring (bicyclic) bond motifs is 10. The lowest BCUT2D eigenvalue weighted by molar-refractivity contribution is -0.284. The molecule has 5 saturated carbocycles. The van der Waals surface area contributed by atoms with Crippen molar-refractivity contribution in [1.29, 1.82) is 0 Å². The van der Waals surface area contributed by atoms with E-state index in [9.17, 15) is 44.1 Å². The van der Waals surface area contributed by atoms with Gasteiger partial charge in [0.25, 0.3) is 0 Å². The first-order chi connectivity index (χ1) is 34.5. The summed E-state index contributed by atoms with van der Waals surface area (Å²) >= 11 is 1.85. The number of hydrogen-bond donors (Lipinski definition) is 7. The van der Waals surface area contributed by atoms with Crippen molar-refractivity contribution in [2.45, 2.75) is 197 Å². The minimum atomic E-state index is -2.17. The highest BCUT2D eigenvalue weighted by Crippen LogP contribution is 2.81. The van der Waals surface area contributed by atoms with Crippen molar-refractivity contribution in [3.8, 4) is 0 Å². The molecule has 10 fully saturated rings. The number of nitrogens with two attached hydrogens (primary N) is 1. The fraction of sp³-hybridized carbons (Fsp3) is 0.840. The summed E-state index contributed by atoms with van der Waals surface area (Å²) in [5.41, 5.74) is 1.46. The maximum atomic E-state index is 14.6. The number of epoxide rings is 2. The lowest BCUT2D eigenvalue weighted by Gasteiger charge is -2.67. The van der Waals surface area contributed by atoms with Crippen molar-refractivity contribution >= 4 is 47.6 Å². The van der Waals surface area contributed by atoms with Crippen molar-refractivity contribution in [3.05, 3.63) is 11.9 Å². The molecule has 402 valence electrons. The third-order valence-electron chi connectivity index (χ3n) is 20.2. The Labute approximate surface area is 427 Å². The molecule has 10 aliphatic rings. The smallest absolute Gasteiger partial charge is 0.341 e. The summed E-state index contributed by atoms with van der Waals surface area (Å²) in [6.07, 6.45) is -1.76. The Morgan fingerprint density at radius 1 is 0.945 bits per heavy atom. The molecule has 5 aliphatic heterocycles. The van der Waals surface area contributed by atoms with Gasteiger partial charge in [-0.1, -0.05) is 32.4 Å². The Morgan fingerprint density at radius 2 is 1.67 bits per heavy atom. The van der Waals surface area contributed by atoms with Gasteiger partial charge >= 0.3 is 29.9 Å². The number of esters is 4. The van der Waals surface area contributed by atoms with E-state index in [1.54, 1.807) is 17.8 Å². The normalized spacial score (nSPS) is 48.9. The second-order valence-electron chi connectivity index (χ2n) is 23.8. The molecule has 8 N–H and O–H groups in total. The Morgan fingerprint density at radius 3 is 2.41 bits per heavy atom. The van der Waals surface area contributed by atoms with Gasteiger partial charge in [-0.25, -0.2) is 9.59 Å². The third kappa shape index (κ3) is 7.45. The van der Waals surface area contributed by atoms with Gasteiger partial charge in [0.05, 0.1) is 48.6 Å². The highest BCUT2D eigenvalue weighted by molar-refractivity contribution is 8.00. The van der Waals surface area contributed by atoms with E-state index < -0.39 is 142 Å². The van der Waals surface area contributed by atoms with Crippen LogP contribution in [0, 0.1) is 57.7 Å². The number of amides is 3. The van der Waals surface area contributed by atoms with Gasteiger partial charge in [0.2, 0.25) is 11.7 Å². The zero-order valence-electron chi connectivity index (χ0n) is 42.4. The van der Waals surface area contributed by atoms with Crippen LogP contribution in [0.5, 0.6) is 0 Å². The number of hydrogen-bond acceptors (Lipinski definition) is 19. The molecule has 24 atom stereocenters. The molecule has 1 spiro atoms. The fourth-order valence-corrected chi connectivity index (χ4v) is 18.3. The number of rotatable bonds is 15. The number of carbonyl (C=O) groups is 6. The van der Waals surface area contributed by atoms with Crippen LogP contribution in [0.2, 0.25) is 0 Å². The van der Waals surface area contributed by atoms with Gasteiger partial charge in [0.1, 0.15) is 36.2 Å². The molecule has 3 amide bonds. The van der Waals surface area contributed by atoms with E-state index >= 15 is 0 Å². The summed E-state index contributed by atoms with van der Waals surface area (Å²) in [6.45, 7) is 11.9. The monoisotopic (exact) mass is 1040 g/mol. The number of ether oxygens (including phenoxy) is 6. The van der Waals surface area contributed by atoms with Gasteiger partial charge < -0.3 is 65.4 Å². The van der Waals surface area contributed by atoms with Crippen LogP contribution in [-0.2, 0) is 65.5 Å². The molecular formula is C50H71N7O15S. The average molecular weight is 1040 g/mol. The van der Waals surface area contributed by atoms with Crippen molar-refractivity contribution in [3.63, 3.8) is 0 Å². The minimum absolute atomic E-state index is 0.0536. The third-order valence-corrected chi connectivity index (χ3v) is 21.7. The Balaban J connectivity index is 0.822. The molecule has 0 aromatic carbocycles. The predicted molar refractivity (Wildman–Crippen MR) is 253 cm³/mol. The number of nitrogens with zero attached hydrogens (tertiary/aromatic N) is 3. The van der Waals surface area contributed by atoms with Gasteiger partial charge in [-0.3, -0.25) is 23.9 Å². The molecule has 5 aliphatic carbocycles. The molecule has 11 rings (SSSR count). The van der Waals surface area contributed by atoms with Gasteiger partial charge in [-0.2, -0.15) is 11.8 Å². The van der Waals surface area contributed by atoms with Crippen LogP contribution < -0.4 is 21.7 Å². The number of aliphatic hydroxyl groups excluding tert-OH is 2. The molecule has 22 nitrogen and oxygen atoms in total. The quantitative estimate of drug-likeness (QED) is 0.0416. The van der Waals surface area contributed by atoms with Gasteiger partial charge in [0, 0.05) is 84.8 Å². The first kappa shape index (κ1) is 51.0. The minimum Gasteiger partial charge on any atom is -0.462 e. The molecule has 5 saturated heterocycles. The molecule has 2 unspecified atom stereocenters. The number of aromatic nitrogens is 3. The highest BCUT2D eigenvalue weighted by Gasteiger charge is 2.93. The van der Waals surface area contributed by atoms with E-state index in [2.05, 4.69) is 26.3 Å². The van der Waals surface area contributed by atoms with Crippen LogP contribution in [0.4, 0.5) is 4.79 Å². The summed E-state index contributed by atoms with van der Waals surface area (Å²) in [5.74, 6) is -9.02. The number of nitrogens with one attached hydrogen (secondary N) is 3. The zero-order chi connectivity index (χ0) is 52.1. The average Bonchev–Trinajstić information content (AvgIpc) is 4.03. The first-order valence-corrected chi connectivity index (χ1v) is 27.3. The van der Waals surface area contributed by atoms with Crippen molar-refractivity contribution in [1.82, 2.24) is 30.9 Å². The van der Waals surface area contributed by atoms with Crippen LogP contribution in [0.25, 0.3) is 0 Å². The standard InChI is InChI=1S/C50H71N7O15S/c1-20-31-34(48(6)49(7,66)44(64)72-50(48)42(20)71-50)39(70-29(61)14-10-11-15-57-18-23(55-56-57)17-52-28(60)13-9-8-12-27-36-25(19-73-27)53-45(65)54-36)32-30-33(40(67-21(2)58)43(47(31,32)5)68-22(3)59)46(4)24(35(51)37(30)62)16-26-38(69-26)41(46)63/h18,20,24-27,30-43,62-63,66H,8-17,19,51H2,1-7H3,(H,52,60)(H2,53,54,65)/t20-,24+,25-,26-,27-,30?,31-,32+,33?,34-,35-,36-,37+,38-,39+,40-,41-,42+,43-,46-,47+,48-,49+,50-/m0/s1. The number of carbonyl (C=O) groups excluding carboxylic acids is 6. The molecule has 1 aromatic rings. The molecular weight excluding hydrogens is 971 g/mol. The largest absolute Gasteiger partial charge is 0.462 e. The van der Waals surface area contributed by atoms with Crippen LogP contribution in [0.3, 0.4) is 0 Å². The van der Waals surface area contributed by atoms with Gasteiger partial charge in [-0.05, 0) is 63.7 Å². The maximum absolute atomic E-state index is 14.6. The maximum Gasteiger partial charge on any atom is 0.341 e. The lowest BCUT2D eigenvalue weighted by Crippen LogP contribution is -2.76. The summed E-state index contributed by atoms with van der Waals surface area (Å²) in [7, 11) is 0. The Hall–Kier alpha value is -4.13. The summed E-state index contributed by atoms with van der Waals surface area (Å²) in [6, 6.07) is -0.717. The van der Waals surface area contributed by atoms with Gasteiger partial charge in [-0.15, -0.1) is 5.10 Å². The zero-order valence-corrected chi connectivity index (χ0v) is 43.2. The summed E-state index contributed by atoms with van der Waals surface area (Å²) in [5, 5.41) is 55.2. The number of thioether (sulfide) groups is 1. The number of urea groups is 1. The van der Waals surface area contributed by atoms with Crippen LogP contribution in [-0.4, -0.2) is 155 Å². The lowest BCUT2D eigenvalue weighted by atomic mass is 9.40. The van der Waals surface area contributed by atoms with Crippen molar-refractivity contribution in [2.24, 2.45) is 63.4 Å². The molecule has 0 bridgehead atoms. The van der Waals surface area contributed by atoms with Crippen molar-refractivity contribution < 1.29 is 72.5 Å². The van der Waals surface area contributed by atoms with Crippen LogP contribution >= 0.6 is 11.8 Å². The molecule has 1 aromatic heterocycles. The van der Waals surface area contributed by atoms with E-state index in [4.69, 9.17) is 34.2 Å². The van der Waals surface area contributed by atoms with Crippen LogP contribution in [0.1, 0.15) is 106 Å².